The lowest BCUT2D eigenvalue weighted by Gasteiger charge is -2.48. The fourth-order valence-electron chi connectivity index (χ4n) is 7.99. The van der Waals surface area contributed by atoms with Crippen molar-refractivity contribution in [1.29, 1.82) is 0 Å². The second kappa shape index (κ2) is 12.9. The number of rotatable bonds is 9. The molecule has 1 aliphatic heterocycles. The summed E-state index contributed by atoms with van der Waals surface area (Å²) < 4.78 is 27.4. The maximum absolute atomic E-state index is 7.23. The Labute approximate surface area is 281 Å². The maximum Gasteiger partial charge on any atom is 0.192 e. The number of fused-ring (bicyclic) bond motifs is 1. The van der Waals surface area contributed by atoms with Gasteiger partial charge in [0.25, 0.3) is 0 Å². The van der Waals surface area contributed by atoms with Crippen molar-refractivity contribution in [3.05, 3.63) is 23.3 Å². The molecular weight excluding hydrogens is 589 g/mol. The molecule has 4 nitrogen and oxygen atoms in total. The van der Waals surface area contributed by atoms with E-state index in [4.69, 9.17) is 18.3 Å². The summed E-state index contributed by atoms with van der Waals surface area (Å²) in [7, 11) is -3.99. The molecule has 4 rings (SSSR count). The molecule has 4 fully saturated rings. The first-order valence-electron chi connectivity index (χ1n) is 18.4. The van der Waals surface area contributed by atoms with Gasteiger partial charge in [0.2, 0.25) is 0 Å². The minimum absolute atomic E-state index is 0.0603. The van der Waals surface area contributed by atoms with Crippen molar-refractivity contribution in [2.45, 2.75) is 188 Å². The van der Waals surface area contributed by atoms with Crippen molar-refractivity contribution in [3.8, 4) is 0 Å². The molecule has 3 saturated carbocycles. The third kappa shape index (κ3) is 8.15. The van der Waals surface area contributed by atoms with Crippen LogP contribution in [0, 0.1) is 22.7 Å². The summed E-state index contributed by atoms with van der Waals surface area (Å²) in [5.41, 5.74) is 3.53. The highest BCUT2D eigenvalue weighted by atomic mass is 28.4. The fourth-order valence-corrected chi connectivity index (χ4v) is 10.7. The summed E-state index contributed by atoms with van der Waals surface area (Å²) >= 11 is 0. The van der Waals surface area contributed by atoms with Gasteiger partial charge in [0.15, 0.2) is 16.6 Å². The molecule has 1 saturated heterocycles. The van der Waals surface area contributed by atoms with Crippen LogP contribution in [0.25, 0.3) is 0 Å². The lowest BCUT2D eigenvalue weighted by atomic mass is 9.62. The van der Waals surface area contributed by atoms with Crippen LogP contribution in [0.2, 0.25) is 36.3 Å². The Hall–Kier alpha value is -0.246. The van der Waals surface area contributed by atoms with Crippen molar-refractivity contribution in [2.75, 3.05) is 13.2 Å². The zero-order valence-electron chi connectivity index (χ0n) is 32.2. The normalized spacial score (nSPS) is 34.7. The molecular formula is C39H72O4Si2. The standard InChI is InChI=1S/C39H72O4Si2/c1-28(40-24-23-35(2,3)4)31-20-21-32-30(17-16-22-38(31,32)11)19-18-29-25-33(42-44(12,13)36(5,6)7)39(27-41-39)34(26-29)43-45(14,15)37(8,9)10/h18-19,28,31-34H,16-17,20-27H2,1-15H3/b29-18?,30-19+/t28-,31?,32?,33-,34-,38?,39?/m1/s1. The summed E-state index contributed by atoms with van der Waals surface area (Å²) in [4.78, 5) is 0. The van der Waals surface area contributed by atoms with Crippen LogP contribution in [-0.4, -0.2) is 53.8 Å². The highest BCUT2D eigenvalue weighted by Gasteiger charge is 2.63. The van der Waals surface area contributed by atoms with E-state index in [9.17, 15) is 0 Å². The Morgan fingerprint density at radius 3 is 1.87 bits per heavy atom. The van der Waals surface area contributed by atoms with Crippen LogP contribution in [0.5, 0.6) is 0 Å². The van der Waals surface area contributed by atoms with Crippen LogP contribution in [-0.2, 0) is 18.3 Å². The number of hydrogen-bond acceptors (Lipinski definition) is 4. The van der Waals surface area contributed by atoms with Crippen LogP contribution in [0.4, 0.5) is 0 Å². The van der Waals surface area contributed by atoms with E-state index in [2.05, 4.69) is 115 Å². The van der Waals surface area contributed by atoms with Gasteiger partial charge in [-0.15, -0.1) is 0 Å². The Morgan fingerprint density at radius 1 is 0.867 bits per heavy atom. The zero-order chi connectivity index (χ0) is 33.9. The maximum atomic E-state index is 7.23. The van der Waals surface area contributed by atoms with Gasteiger partial charge in [-0.05, 0) is 117 Å². The average Bonchev–Trinajstić information content (AvgIpc) is 3.58. The van der Waals surface area contributed by atoms with E-state index in [1.54, 1.807) is 5.57 Å². The van der Waals surface area contributed by atoms with Gasteiger partial charge < -0.3 is 18.3 Å². The molecule has 0 bridgehead atoms. The molecule has 0 aromatic carbocycles. The van der Waals surface area contributed by atoms with Crippen LogP contribution >= 0.6 is 0 Å². The lowest BCUT2D eigenvalue weighted by molar-refractivity contribution is -0.0318. The number of allylic oxidation sites excluding steroid dienone is 3. The van der Waals surface area contributed by atoms with E-state index in [1.807, 2.05) is 0 Å². The number of hydrogen-bond donors (Lipinski definition) is 0. The van der Waals surface area contributed by atoms with Gasteiger partial charge in [-0.25, -0.2) is 0 Å². The van der Waals surface area contributed by atoms with Crippen LogP contribution in [0.3, 0.4) is 0 Å². The van der Waals surface area contributed by atoms with Crippen LogP contribution in [0.1, 0.15) is 128 Å². The second-order valence-corrected chi connectivity index (χ2v) is 29.4. The van der Waals surface area contributed by atoms with E-state index in [0.717, 1.165) is 32.5 Å². The Bertz CT molecular complexity index is 1060. The van der Waals surface area contributed by atoms with Crippen LogP contribution in [0.15, 0.2) is 23.3 Å². The monoisotopic (exact) mass is 660 g/mol. The highest BCUT2D eigenvalue weighted by molar-refractivity contribution is 6.74. The van der Waals surface area contributed by atoms with Gasteiger partial charge in [-0.3, -0.25) is 0 Å². The molecule has 1 heterocycles. The van der Waals surface area contributed by atoms with Gasteiger partial charge in [0, 0.05) is 6.61 Å². The van der Waals surface area contributed by atoms with Crippen molar-refractivity contribution in [2.24, 2.45) is 22.7 Å². The quantitative estimate of drug-likeness (QED) is 0.182. The third-order valence-electron chi connectivity index (χ3n) is 13.3. The molecule has 0 aromatic heterocycles. The van der Waals surface area contributed by atoms with Gasteiger partial charge in [-0.2, -0.15) is 0 Å². The Balaban J connectivity index is 1.58. The highest BCUT2D eigenvalue weighted by Crippen LogP contribution is 2.59. The molecule has 3 aliphatic carbocycles. The van der Waals surface area contributed by atoms with Gasteiger partial charge >= 0.3 is 0 Å². The van der Waals surface area contributed by atoms with Gasteiger partial charge in [0.05, 0.1) is 24.9 Å². The van der Waals surface area contributed by atoms with Crippen LogP contribution < -0.4 is 0 Å². The minimum Gasteiger partial charge on any atom is -0.410 e. The van der Waals surface area contributed by atoms with Gasteiger partial charge in [-0.1, -0.05) is 92.5 Å². The van der Waals surface area contributed by atoms with E-state index in [0.29, 0.717) is 28.8 Å². The predicted molar refractivity (Wildman–Crippen MR) is 196 cm³/mol. The molecule has 45 heavy (non-hydrogen) atoms. The average molecular weight is 661 g/mol. The molecule has 0 N–H and O–H groups in total. The van der Waals surface area contributed by atoms with E-state index in [1.165, 1.54) is 37.7 Å². The summed E-state index contributed by atoms with van der Waals surface area (Å²) in [5.74, 6) is 1.31. The number of ether oxygens (including phenoxy) is 2. The molecule has 1 spiro atoms. The van der Waals surface area contributed by atoms with E-state index >= 15 is 0 Å². The van der Waals surface area contributed by atoms with Crippen molar-refractivity contribution in [3.63, 3.8) is 0 Å². The van der Waals surface area contributed by atoms with Crippen molar-refractivity contribution >= 4 is 16.6 Å². The minimum atomic E-state index is -2.00. The fraction of sp³-hybridized carbons (Fsp3) is 0.897. The second-order valence-electron chi connectivity index (χ2n) is 19.9. The summed E-state index contributed by atoms with van der Waals surface area (Å²) in [6, 6.07) is 0. The molecule has 4 aliphatic rings. The molecule has 6 heteroatoms. The summed E-state index contributed by atoms with van der Waals surface area (Å²) in [6.45, 7) is 37.1. The first-order chi connectivity index (χ1) is 20.4. The number of epoxide rings is 1. The van der Waals surface area contributed by atoms with Gasteiger partial charge in [0.1, 0.15) is 5.60 Å². The molecule has 0 aromatic rings. The summed E-state index contributed by atoms with van der Waals surface area (Å²) in [6.07, 6.45) is 15.0. The third-order valence-corrected chi connectivity index (χ3v) is 22.3. The smallest absolute Gasteiger partial charge is 0.192 e. The molecule has 3 unspecified atom stereocenters. The van der Waals surface area contributed by atoms with E-state index in [-0.39, 0.29) is 27.9 Å². The Kier molecular flexibility index (Phi) is 10.8. The molecule has 0 radical (unpaired) electrons. The zero-order valence-corrected chi connectivity index (χ0v) is 34.2. The molecule has 6 atom stereocenters. The van der Waals surface area contributed by atoms with E-state index < -0.39 is 16.6 Å². The topological polar surface area (TPSA) is 40.2 Å². The molecule has 260 valence electrons. The SMILES string of the molecule is C[C@@H](OCCC(C)(C)C)C1CCC2/C(=C/C=C3C[C@@H](O[Si](C)(C)C(C)(C)C)C4(CO4)[C@H](O[Si](C)(C)C(C)(C)C)C3)CCCC21C. The van der Waals surface area contributed by atoms with Crippen molar-refractivity contribution < 1.29 is 18.3 Å². The predicted octanol–water partition coefficient (Wildman–Crippen LogP) is 11.2. The largest absolute Gasteiger partial charge is 0.410 e. The van der Waals surface area contributed by atoms with Crippen molar-refractivity contribution in [1.82, 2.24) is 0 Å². The summed E-state index contributed by atoms with van der Waals surface area (Å²) in [5, 5.41) is 0.308. The Morgan fingerprint density at radius 2 is 1.40 bits per heavy atom. The first kappa shape index (κ1) is 37.6. The lowest BCUT2D eigenvalue weighted by Crippen LogP contribution is -2.57. The first-order valence-corrected chi connectivity index (χ1v) is 24.2. The molecule has 0 amide bonds.